The number of nitrogens with zero attached hydrogens (tertiary/aromatic N) is 3. The van der Waals surface area contributed by atoms with E-state index in [-0.39, 0.29) is 36.4 Å². The summed E-state index contributed by atoms with van der Waals surface area (Å²) in [6, 6.07) is 18.8. The van der Waals surface area contributed by atoms with Crippen LogP contribution in [0.2, 0.25) is 0 Å². The van der Waals surface area contributed by atoms with Crippen molar-refractivity contribution in [1.29, 1.82) is 0 Å². The Bertz CT molecular complexity index is 1830. The Hall–Kier alpha value is -5.05. The third-order valence-electron chi connectivity index (χ3n) is 6.99. The molecule has 0 radical (unpaired) electrons. The predicted molar refractivity (Wildman–Crippen MR) is 151 cm³/mol. The molecule has 7 nitrogen and oxygen atoms in total. The fourth-order valence-corrected chi connectivity index (χ4v) is 5.18. The van der Waals surface area contributed by atoms with Crippen molar-refractivity contribution in [2.45, 2.75) is 32.2 Å². The number of aryl methyl sites for hydroxylation is 1. The molecule has 0 bridgehead atoms. The van der Waals surface area contributed by atoms with Crippen LogP contribution in [0.4, 0.5) is 8.78 Å². The lowest BCUT2D eigenvalue weighted by Gasteiger charge is -2.20. The molecule has 206 valence electrons. The Kier molecular flexibility index (Phi) is 7.78. The highest BCUT2D eigenvalue weighted by Crippen LogP contribution is 2.33. The maximum Gasteiger partial charge on any atom is 0.267 e. The molecule has 0 aliphatic heterocycles. The zero-order chi connectivity index (χ0) is 29.1. The molecule has 3 heterocycles. The monoisotopic (exact) mass is 552 g/mol. The smallest absolute Gasteiger partial charge is 0.267 e. The van der Waals surface area contributed by atoms with Crippen molar-refractivity contribution >= 4 is 22.6 Å². The van der Waals surface area contributed by atoms with Crippen LogP contribution in [0.25, 0.3) is 22.0 Å². The molecule has 0 aliphatic rings. The van der Waals surface area contributed by atoms with Gasteiger partial charge in [-0.15, -0.1) is 0 Å². The van der Waals surface area contributed by atoms with E-state index in [4.69, 9.17) is 5.73 Å². The molecule has 5 rings (SSSR count). The van der Waals surface area contributed by atoms with E-state index in [1.165, 1.54) is 35.0 Å². The first kappa shape index (κ1) is 27.5. The number of rotatable bonds is 9. The van der Waals surface area contributed by atoms with E-state index in [0.717, 1.165) is 17.0 Å². The van der Waals surface area contributed by atoms with Crippen molar-refractivity contribution < 1.29 is 18.4 Å². The summed E-state index contributed by atoms with van der Waals surface area (Å²) in [5.74, 6) is -3.03. The van der Waals surface area contributed by atoms with Gasteiger partial charge in [-0.1, -0.05) is 24.3 Å². The van der Waals surface area contributed by atoms with Gasteiger partial charge in [-0.3, -0.25) is 24.4 Å². The fraction of sp³-hybridized carbons (Fsp3) is 0.156. The predicted octanol–water partition coefficient (Wildman–Crippen LogP) is 5.13. The Balaban J connectivity index is 1.55. The van der Waals surface area contributed by atoms with Gasteiger partial charge in [0.05, 0.1) is 17.8 Å². The molecule has 1 atom stereocenters. The molecular formula is C32H26F2N4O3. The molecule has 0 aliphatic carbocycles. The van der Waals surface area contributed by atoms with Crippen LogP contribution in [0.15, 0.2) is 90.0 Å². The highest BCUT2D eigenvalue weighted by atomic mass is 19.1. The number of aromatic nitrogens is 3. The molecule has 2 N–H and O–H groups in total. The number of ketones is 1. The lowest BCUT2D eigenvalue weighted by molar-refractivity contribution is -0.120. The van der Waals surface area contributed by atoms with Crippen molar-refractivity contribution in [2.75, 3.05) is 0 Å². The number of Topliss-reactive ketones (excluding diaryl/α,β-unsaturated/α-hetero) is 1. The molecule has 0 saturated carbocycles. The van der Waals surface area contributed by atoms with Crippen LogP contribution in [-0.2, 0) is 17.8 Å². The number of amides is 1. The summed E-state index contributed by atoms with van der Waals surface area (Å²) in [6.45, 7) is 1.66. The number of hydrogen-bond donors (Lipinski definition) is 1. The van der Waals surface area contributed by atoms with Crippen LogP contribution in [0.1, 0.15) is 39.6 Å². The summed E-state index contributed by atoms with van der Waals surface area (Å²) in [7, 11) is 0. The topological polar surface area (TPSA) is 108 Å². The van der Waals surface area contributed by atoms with Gasteiger partial charge in [0.1, 0.15) is 17.3 Å². The number of pyridine rings is 3. The van der Waals surface area contributed by atoms with Crippen LogP contribution in [-0.4, -0.2) is 26.2 Å². The second kappa shape index (κ2) is 11.6. The average molecular weight is 553 g/mol. The van der Waals surface area contributed by atoms with Crippen LogP contribution < -0.4 is 11.3 Å². The Labute approximate surface area is 234 Å². The van der Waals surface area contributed by atoms with Gasteiger partial charge in [0.25, 0.3) is 11.5 Å². The first-order chi connectivity index (χ1) is 19.7. The van der Waals surface area contributed by atoms with Crippen molar-refractivity contribution in [3.63, 3.8) is 0 Å². The van der Waals surface area contributed by atoms with Gasteiger partial charge < -0.3 is 10.3 Å². The van der Waals surface area contributed by atoms with E-state index in [0.29, 0.717) is 27.9 Å². The van der Waals surface area contributed by atoms with E-state index in [1.807, 2.05) is 19.1 Å². The van der Waals surface area contributed by atoms with Gasteiger partial charge >= 0.3 is 0 Å². The Morgan fingerprint density at radius 1 is 0.927 bits per heavy atom. The summed E-state index contributed by atoms with van der Waals surface area (Å²) in [5.41, 5.74) is 8.70. The molecule has 41 heavy (non-hydrogen) atoms. The summed E-state index contributed by atoms with van der Waals surface area (Å²) in [5, 5.41) is 0.863. The van der Waals surface area contributed by atoms with E-state index in [1.54, 1.807) is 36.5 Å². The number of hydrogen-bond acceptors (Lipinski definition) is 5. The molecule has 0 unspecified atom stereocenters. The number of nitrogens with two attached hydrogens (primary N) is 1. The van der Waals surface area contributed by atoms with Crippen molar-refractivity contribution in [3.8, 4) is 11.1 Å². The van der Waals surface area contributed by atoms with Crippen molar-refractivity contribution in [2.24, 2.45) is 5.73 Å². The minimum atomic E-state index is -0.732. The molecule has 0 spiro atoms. The van der Waals surface area contributed by atoms with Crippen LogP contribution >= 0.6 is 0 Å². The van der Waals surface area contributed by atoms with Gasteiger partial charge in [-0.2, -0.15) is 0 Å². The van der Waals surface area contributed by atoms with E-state index < -0.39 is 23.5 Å². The van der Waals surface area contributed by atoms with Crippen LogP contribution in [0, 0.1) is 18.6 Å². The highest BCUT2D eigenvalue weighted by Gasteiger charge is 2.23. The quantitative estimate of drug-likeness (QED) is 0.273. The maximum absolute atomic E-state index is 14.1. The molecule has 2 aromatic carbocycles. The molecule has 0 saturated heterocycles. The minimum absolute atomic E-state index is 0.0581. The SMILES string of the molecule is Cc1cc(=O)n(CC(=O)C[C@@H](Cc2cc(F)cc(F)c2)c2ncccc2-c2ccnc(C(N)=O)c2)c2ccccc12. The summed E-state index contributed by atoms with van der Waals surface area (Å²) in [6.07, 6.45) is 3.05. The van der Waals surface area contributed by atoms with E-state index >= 15 is 0 Å². The fourth-order valence-electron chi connectivity index (χ4n) is 5.18. The largest absolute Gasteiger partial charge is 0.364 e. The second-order valence-corrected chi connectivity index (χ2v) is 9.92. The first-order valence-electron chi connectivity index (χ1n) is 13.0. The number of primary amides is 1. The van der Waals surface area contributed by atoms with Crippen LogP contribution in [0.5, 0.6) is 0 Å². The number of carbonyl (C=O) groups is 2. The Morgan fingerprint density at radius 3 is 2.44 bits per heavy atom. The lowest BCUT2D eigenvalue weighted by Crippen LogP contribution is -2.26. The lowest BCUT2D eigenvalue weighted by atomic mass is 9.87. The molecule has 9 heteroatoms. The van der Waals surface area contributed by atoms with Gasteiger partial charge in [-0.05, 0) is 66.4 Å². The molecular weight excluding hydrogens is 526 g/mol. The number of benzene rings is 2. The number of halogens is 2. The molecule has 5 aromatic rings. The summed E-state index contributed by atoms with van der Waals surface area (Å²) in [4.78, 5) is 46.8. The number of carbonyl (C=O) groups excluding carboxylic acids is 2. The van der Waals surface area contributed by atoms with E-state index in [9.17, 15) is 23.2 Å². The van der Waals surface area contributed by atoms with Crippen molar-refractivity contribution in [1.82, 2.24) is 14.5 Å². The summed E-state index contributed by atoms with van der Waals surface area (Å²) < 4.78 is 29.7. The molecule has 0 fully saturated rings. The third kappa shape index (κ3) is 6.09. The van der Waals surface area contributed by atoms with Gasteiger partial charge in [0.15, 0.2) is 5.78 Å². The minimum Gasteiger partial charge on any atom is -0.364 e. The molecule has 3 aromatic heterocycles. The van der Waals surface area contributed by atoms with Crippen LogP contribution in [0.3, 0.4) is 0 Å². The number of para-hydroxylation sites is 1. The molecule has 1 amide bonds. The Morgan fingerprint density at radius 2 is 1.68 bits per heavy atom. The zero-order valence-electron chi connectivity index (χ0n) is 22.2. The zero-order valence-corrected chi connectivity index (χ0v) is 22.2. The van der Waals surface area contributed by atoms with Gasteiger partial charge in [-0.25, -0.2) is 8.78 Å². The normalized spacial score (nSPS) is 11.9. The van der Waals surface area contributed by atoms with Gasteiger partial charge in [0, 0.05) is 47.8 Å². The first-order valence-corrected chi connectivity index (χ1v) is 13.0. The van der Waals surface area contributed by atoms with Gasteiger partial charge in [0.2, 0.25) is 0 Å². The average Bonchev–Trinajstić information content (AvgIpc) is 2.94. The summed E-state index contributed by atoms with van der Waals surface area (Å²) >= 11 is 0. The third-order valence-corrected chi connectivity index (χ3v) is 6.99. The van der Waals surface area contributed by atoms with E-state index in [2.05, 4.69) is 9.97 Å². The highest BCUT2D eigenvalue weighted by molar-refractivity contribution is 5.92. The second-order valence-electron chi connectivity index (χ2n) is 9.92. The maximum atomic E-state index is 14.1. The number of fused-ring (bicyclic) bond motifs is 1. The van der Waals surface area contributed by atoms with Crippen molar-refractivity contribution in [3.05, 3.63) is 130 Å². The standard InChI is InChI=1S/C32H26F2N4O3/c1-19-11-30(40)38(29-7-3-2-5-26(19)29)18-25(39)15-22(12-20-13-23(33)17-24(34)14-20)31-27(6-4-9-37-31)21-8-10-36-28(16-21)32(35)41/h2-11,13-14,16-17,22H,12,15,18H2,1H3,(H2,35,41)/t22-/m1/s1.